The summed E-state index contributed by atoms with van der Waals surface area (Å²) in [5, 5.41) is 2.87. The van der Waals surface area contributed by atoms with Gasteiger partial charge in [-0.25, -0.2) is 8.42 Å². The Bertz CT molecular complexity index is 803. The van der Waals surface area contributed by atoms with Crippen LogP contribution in [0.3, 0.4) is 0 Å². The Morgan fingerprint density at radius 2 is 1.87 bits per heavy atom. The Morgan fingerprint density at radius 1 is 1.13 bits per heavy atom. The lowest BCUT2D eigenvalue weighted by Crippen LogP contribution is -2.38. The molecule has 1 amide bonds. The molecule has 9 heteroatoms. The number of piperidine rings is 1. The van der Waals surface area contributed by atoms with Gasteiger partial charge in [0, 0.05) is 32.7 Å². The number of sulfonamides is 1. The largest absolute Gasteiger partial charge is 0.484 e. The topological polar surface area (TPSA) is 88.2 Å². The fraction of sp³-hybridized carbons (Fsp3) is 0.667. The SMILES string of the molecule is Cc1cc(S(=O)(=O)N2CCCCC2)ccc1OCC(=O)NCCCN1CCOCC1. The maximum Gasteiger partial charge on any atom is 0.257 e. The van der Waals surface area contributed by atoms with Gasteiger partial charge >= 0.3 is 0 Å². The van der Waals surface area contributed by atoms with E-state index in [2.05, 4.69) is 10.2 Å². The molecule has 2 aliphatic rings. The zero-order chi connectivity index (χ0) is 21.4. The summed E-state index contributed by atoms with van der Waals surface area (Å²) in [6, 6.07) is 4.82. The van der Waals surface area contributed by atoms with Crippen molar-refractivity contribution in [3.8, 4) is 5.75 Å². The van der Waals surface area contributed by atoms with Gasteiger partial charge in [-0.3, -0.25) is 9.69 Å². The number of benzene rings is 1. The van der Waals surface area contributed by atoms with Gasteiger partial charge in [0.1, 0.15) is 5.75 Å². The van der Waals surface area contributed by atoms with E-state index in [0.717, 1.165) is 58.5 Å². The predicted octanol–water partition coefficient (Wildman–Crippen LogP) is 1.39. The monoisotopic (exact) mass is 439 g/mol. The van der Waals surface area contributed by atoms with Gasteiger partial charge in [-0.2, -0.15) is 4.31 Å². The molecule has 0 unspecified atom stereocenters. The summed E-state index contributed by atoms with van der Waals surface area (Å²) < 4.78 is 38.1. The molecule has 2 fully saturated rings. The van der Waals surface area contributed by atoms with Crippen LogP contribution in [0.25, 0.3) is 0 Å². The first-order valence-electron chi connectivity index (χ1n) is 10.8. The quantitative estimate of drug-likeness (QED) is 0.585. The number of carbonyl (C=O) groups excluding carboxylic acids is 1. The molecule has 0 spiro atoms. The number of nitrogens with zero attached hydrogens (tertiary/aromatic N) is 2. The van der Waals surface area contributed by atoms with Crippen molar-refractivity contribution in [1.82, 2.24) is 14.5 Å². The van der Waals surface area contributed by atoms with Crippen molar-refractivity contribution in [3.05, 3.63) is 23.8 Å². The number of hydrogen-bond donors (Lipinski definition) is 1. The van der Waals surface area contributed by atoms with Gasteiger partial charge in [0.15, 0.2) is 6.61 Å². The van der Waals surface area contributed by atoms with Crippen LogP contribution in [-0.2, 0) is 19.6 Å². The third-order valence-electron chi connectivity index (χ3n) is 5.53. The molecule has 2 saturated heterocycles. The first kappa shape index (κ1) is 23.0. The van der Waals surface area contributed by atoms with Crippen molar-refractivity contribution in [2.45, 2.75) is 37.5 Å². The van der Waals surface area contributed by atoms with Crippen LogP contribution in [0.1, 0.15) is 31.2 Å². The molecule has 3 rings (SSSR count). The normalized spacial score (nSPS) is 18.8. The third kappa shape index (κ3) is 6.41. The minimum atomic E-state index is -3.47. The van der Waals surface area contributed by atoms with Crippen molar-refractivity contribution < 1.29 is 22.7 Å². The summed E-state index contributed by atoms with van der Waals surface area (Å²) in [7, 11) is -3.47. The number of ether oxygens (including phenoxy) is 2. The molecule has 0 atom stereocenters. The number of aryl methyl sites for hydroxylation is 1. The van der Waals surface area contributed by atoms with Crippen molar-refractivity contribution >= 4 is 15.9 Å². The van der Waals surface area contributed by atoms with E-state index in [0.29, 0.717) is 30.9 Å². The summed E-state index contributed by atoms with van der Waals surface area (Å²) in [4.78, 5) is 14.6. The van der Waals surface area contributed by atoms with Crippen molar-refractivity contribution in [2.24, 2.45) is 0 Å². The average molecular weight is 440 g/mol. The number of morpholine rings is 1. The first-order valence-corrected chi connectivity index (χ1v) is 12.2. The van der Waals surface area contributed by atoms with E-state index >= 15 is 0 Å². The standard InChI is InChI=1S/C21H33N3O5S/c1-18-16-19(30(26,27)24-10-3-2-4-11-24)6-7-20(18)29-17-21(25)22-8-5-9-23-12-14-28-15-13-23/h6-7,16H,2-5,8-15,17H2,1H3,(H,22,25). The van der Waals surface area contributed by atoms with Crippen LogP contribution in [0, 0.1) is 6.92 Å². The van der Waals surface area contributed by atoms with Crippen LogP contribution in [-0.4, -0.2) is 82.6 Å². The highest BCUT2D eigenvalue weighted by molar-refractivity contribution is 7.89. The predicted molar refractivity (Wildman–Crippen MR) is 114 cm³/mol. The number of amides is 1. The highest BCUT2D eigenvalue weighted by atomic mass is 32.2. The minimum Gasteiger partial charge on any atom is -0.484 e. The second-order valence-corrected chi connectivity index (χ2v) is 9.78. The second kappa shape index (κ2) is 11.1. The maximum atomic E-state index is 12.8. The van der Waals surface area contributed by atoms with Crippen LogP contribution in [0.2, 0.25) is 0 Å². The molecule has 8 nitrogen and oxygen atoms in total. The van der Waals surface area contributed by atoms with Gasteiger partial charge in [0.25, 0.3) is 5.91 Å². The van der Waals surface area contributed by atoms with Crippen LogP contribution in [0.5, 0.6) is 5.75 Å². The third-order valence-corrected chi connectivity index (χ3v) is 7.43. The first-order chi connectivity index (χ1) is 14.5. The molecule has 1 N–H and O–H groups in total. The minimum absolute atomic E-state index is 0.0867. The van der Waals surface area contributed by atoms with E-state index < -0.39 is 10.0 Å². The summed E-state index contributed by atoms with van der Waals surface area (Å²) in [5.41, 5.74) is 0.702. The van der Waals surface area contributed by atoms with Crippen LogP contribution >= 0.6 is 0 Å². The molecule has 0 aromatic heterocycles. The molecule has 0 saturated carbocycles. The van der Waals surface area contributed by atoms with Crippen LogP contribution in [0.15, 0.2) is 23.1 Å². The molecule has 1 aromatic carbocycles. The maximum absolute atomic E-state index is 12.8. The zero-order valence-corrected chi connectivity index (χ0v) is 18.6. The number of carbonyl (C=O) groups is 1. The Balaban J connectivity index is 1.43. The lowest BCUT2D eigenvalue weighted by molar-refractivity contribution is -0.123. The van der Waals surface area contributed by atoms with E-state index in [1.54, 1.807) is 29.4 Å². The highest BCUT2D eigenvalue weighted by Gasteiger charge is 2.26. The lowest BCUT2D eigenvalue weighted by atomic mass is 10.2. The van der Waals surface area contributed by atoms with E-state index in [-0.39, 0.29) is 17.4 Å². The Kier molecular flexibility index (Phi) is 8.50. The van der Waals surface area contributed by atoms with Crippen molar-refractivity contribution in [3.63, 3.8) is 0 Å². The molecule has 2 heterocycles. The summed E-state index contributed by atoms with van der Waals surface area (Å²) in [5.74, 6) is 0.345. The van der Waals surface area contributed by atoms with Gasteiger partial charge in [-0.1, -0.05) is 6.42 Å². The van der Waals surface area contributed by atoms with Crippen LogP contribution < -0.4 is 10.1 Å². The zero-order valence-electron chi connectivity index (χ0n) is 17.8. The highest BCUT2D eigenvalue weighted by Crippen LogP contribution is 2.25. The summed E-state index contributed by atoms with van der Waals surface area (Å²) in [6.07, 6.45) is 3.77. The van der Waals surface area contributed by atoms with Gasteiger partial charge < -0.3 is 14.8 Å². The van der Waals surface area contributed by atoms with Gasteiger partial charge in [-0.15, -0.1) is 0 Å². The number of hydrogen-bond acceptors (Lipinski definition) is 6. The van der Waals surface area contributed by atoms with E-state index in [1.165, 1.54) is 0 Å². The van der Waals surface area contributed by atoms with Gasteiger partial charge in [0.2, 0.25) is 10.0 Å². The Hall–Kier alpha value is -1.68. The second-order valence-electron chi connectivity index (χ2n) is 7.84. The van der Waals surface area contributed by atoms with E-state index in [4.69, 9.17) is 9.47 Å². The summed E-state index contributed by atoms with van der Waals surface area (Å²) in [6.45, 7) is 7.84. The molecule has 0 bridgehead atoms. The molecule has 0 aliphatic carbocycles. The molecule has 168 valence electrons. The average Bonchev–Trinajstić information content (AvgIpc) is 2.77. The van der Waals surface area contributed by atoms with Crippen molar-refractivity contribution in [2.75, 3.05) is 59.1 Å². The van der Waals surface area contributed by atoms with Crippen molar-refractivity contribution in [1.29, 1.82) is 0 Å². The molecule has 1 aromatic rings. The molecule has 2 aliphatic heterocycles. The fourth-order valence-electron chi connectivity index (χ4n) is 3.75. The Labute approximate surface area is 179 Å². The fourth-order valence-corrected chi connectivity index (χ4v) is 5.35. The number of nitrogens with one attached hydrogen (secondary N) is 1. The van der Waals surface area contributed by atoms with Gasteiger partial charge in [0.05, 0.1) is 18.1 Å². The van der Waals surface area contributed by atoms with Crippen LogP contribution in [0.4, 0.5) is 0 Å². The molecule has 0 radical (unpaired) electrons. The summed E-state index contributed by atoms with van der Waals surface area (Å²) >= 11 is 0. The van der Waals surface area contributed by atoms with Gasteiger partial charge in [-0.05, 0) is 56.5 Å². The Morgan fingerprint density at radius 3 is 2.57 bits per heavy atom. The molecular weight excluding hydrogens is 406 g/mol. The van der Waals surface area contributed by atoms with E-state index in [9.17, 15) is 13.2 Å². The lowest BCUT2D eigenvalue weighted by Gasteiger charge is -2.26. The smallest absolute Gasteiger partial charge is 0.257 e. The molecular formula is C21H33N3O5S. The number of rotatable bonds is 9. The molecule has 30 heavy (non-hydrogen) atoms. The van der Waals surface area contributed by atoms with E-state index in [1.807, 2.05) is 0 Å².